The predicted octanol–water partition coefficient (Wildman–Crippen LogP) is 5.58. The van der Waals surface area contributed by atoms with Crippen molar-refractivity contribution in [3.63, 3.8) is 0 Å². The van der Waals surface area contributed by atoms with Crippen LogP contribution in [-0.4, -0.2) is 35.1 Å². The molecule has 0 aliphatic heterocycles. The van der Waals surface area contributed by atoms with Gasteiger partial charge in [0.2, 0.25) is 0 Å². The molecule has 0 radical (unpaired) electrons. The van der Waals surface area contributed by atoms with E-state index < -0.39 is 11.9 Å². The Morgan fingerprint density at radius 3 is 1.50 bits per heavy atom. The zero-order chi connectivity index (χ0) is 22.5. The van der Waals surface area contributed by atoms with Gasteiger partial charge in [-0.25, -0.2) is 19.6 Å². The van der Waals surface area contributed by atoms with E-state index in [4.69, 9.17) is 19.4 Å². The third-order valence-corrected chi connectivity index (χ3v) is 5.01. The van der Waals surface area contributed by atoms with E-state index in [2.05, 4.69) is 0 Å². The molecule has 6 heteroatoms. The minimum atomic E-state index is -0.407. The molecule has 4 aromatic rings. The quantitative estimate of drug-likeness (QED) is 0.357. The normalized spacial score (nSPS) is 10.9. The predicted molar refractivity (Wildman–Crippen MR) is 124 cm³/mol. The Morgan fingerprint density at radius 2 is 1.09 bits per heavy atom. The van der Waals surface area contributed by atoms with Gasteiger partial charge in [-0.1, -0.05) is 50.2 Å². The first-order valence-electron chi connectivity index (χ1n) is 10.8. The molecule has 2 heterocycles. The average molecular weight is 428 g/mol. The second kappa shape index (κ2) is 9.56. The second-order valence-corrected chi connectivity index (χ2v) is 7.42. The molecule has 162 valence electrons. The lowest BCUT2D eigenvalue weighted by molar-refractivity contribution is 0.0498. The SMILES string of the molecule is CCCOC(=O)c1cc(-c2cc(C(=O)OCCC)c3ccccc3n2)nc2ccccc12. The van der Waals surface area contributed by atoms with E-state index in [0.29, 0.717) is 57.5 Å². The molecule has 0 spiro atoms. The number of rotatable bonds is 7. The van der Waals surface area contributed by atoms with Gasteiger partial charge in [-0.2, -0.15) is 0 Å². The van der Waals surface area contributed by atoms with Crippen molar-refractivity contribution in [2.75, 3.05) is 13.2 Å². The van der Waals surface area contributed by atoms with Crippen molar-refractivity contribution < 1.29 is 19.1 Å². The summed E-state index contributed by atoms with van der Waals surface area (Å²) in [5.74, 6) is -0.815. The van der Waals surface area contributed by atoms with Gasteiger partial charge in [0, 0.05) is 10.8 Å². The Labute approximate surface area is 186 Å². The lowest BCUT2D eigenvalue weighted by Gasteiger charge is -2.12. The van der Waals surface area contributed by atoms with E-state index in [1.54, 1.807) is 12.1 Å². The minimum absolute atomic E-state index is 0.340. The van der Waals surface area contributed by atoms with Gasteiger partial charge in [0.15, 0.2) is 0 Å². The molecule has 2 aromatic heterocycles. The molecule has 0 N–H and O–H groups in total. The van der Waals surface area contributed by atoms with Crippen molar-refractivity contribution in [3.05, 3.63) is 71.8 Å². The third kappa shape index (κ3) is 4.30. The van der Waals surface area contributed by atoms with E-state index in [-0.39, 0.29) is 0 Å². The van der Waals surface area contributed by atoms with Crippen LogP contribution in [0.2, 0.25) is 0 Å². The number of para-hydroxylation sites is 2. The standard InChI is InChI=1S/C26H24N2O4/c1-3-13-31-25(29)19-15-23(27-21-11-7-5-9-17(19)21)24-16-20(26(30)32-14-4-2)18-10-6-8-12-22(18)28-24/h5-12,15-16H,3-4,13-14H2,1-2H3. The number of esters is 2. The van der Waals surface area contributed by atoms with Gasteiger partial charge in [0.05, 0.1) is 46.8 Å². The smallest absolute Gasteiger partial charge is 0.338 e. The van der Waals surface area contributed by atoms with Crippen molar-refractivity contribution in [2.24, 2.45) is 0 Å². The van der Waals surface area contributed by atoms with Crippen molar-refractivity contribution in [2.45, 2.75) is 26.7 Å². The number of pyridine rings is 2. The van der Waals surface area contributed by atoms with Gasteiger partial charge in [-0.15, -0.1) is 0 Å². The molecule has 32 heavy (non-hydrogen) atoms. The Morgan fingerprint density at radius 1 is 0.688 bits per heavy atom. The van der Waals surface area contributed by atoms with Crippen LogP contribution in [0.5, 0.6) is 0 Å². The summed E-state index contributed by atoms with van der Waals surface area (Å²) in [4.78, 5) is 35.0. The van der Waals surface area contributed by atoms with Gasteiger partial charge in [-0.05, 0) is 37.1 Å². The minimum Gasteiger partial charge on any atom is -0.462 e. The zero-order valence-electron chi connectivity index (χ0n) is 18.1. The molecule has 0 saturated carbocycles. The number of carbonyl (C=O) groups is 2. The third-order valence-electron chi connectivity index (χ3n) is 5.01. The van der Waals surface area contributed by atoms with Crippen LogP contribution >= 0.6 is 0 Å². The Hall–Kier alpha value is -3.80. The summed E-state index contributed by atoms with van der Waals surface area (Å²) >= 11 is 0. The highest BCUT2D eigenvalue weighted by atomic mass is 16.5. The highest BCUT2D eigenvalue weighted by Gasteiger charge is 2.19. The average Bonchev–Trinajstić information content (AvgIpc) is 2.84. The Balaban J connectivity index is 1.89. The molecule has 0 unspecified atom stereocenters. The van der Waals surface area contributed by atoms with Crippen LogP contribution in [-0.2, 0) is 9.47 Å². The van der Waals surface area contributed by atoms with E-state index in [1.165, 1.54) is 0 Å². The number of aromatic nitrogens is 2. The van der Waals surface area contributed by atoms with Crippen molar-refractivity contribution in [3.8, 4) is 11.4 Å². The fourth-order valence-corrected chi connectivity index (χ4v) is 3.50. The summed E-state index contributed by atoms with van der Waals surface area (Å²) in [5.41, 5.74) is 3.12. The van der Waals surface area contributed by atoms with Crippen LogP contribution in [0.15, 0.2) is 60.7 Å². The van der Waals surface area contributed by atoms with Crippen LogP contribution in [0.1, 0.15) is 47.4 Å². The summed E-state index contributed by atoms with van der Waals surface area (Å²) < 4.78 is 10.8. The van der Waals surface area contributed by atoms with E-state index in [1.807, 2.05) is 62.4 Å². The van der Waals surface area contributed by atoms with Crippen molar-refractivity contribution >= 4 is 33.7 Å². The number of fused-ring (bicyclic) bond motifs is 2. The van der Waals surface area contributed by atoms with Gasteiger partial charge < -0.3 is 9.47 Å². The second-order valence-electron chi connectivity index (χ2n) is 7.42. The molecule has 6 nitrogen and oxygen atoms in total. The topological polar surface area (TPSA) is 78.4 Å². The van der Waals surface area contributed by atoms with Gasteiger partial charge in [0.1, 0.15) is 0 Å². The van der Waals surface area contributed by atoms with Crippen molar-refractivity contribution in [1.29, 1.82) is 0 Å². The van der Waals surface area contributed by atoms with Crippen LogP contribution < -0.4 is 0 Å². The lowest BCUT2D eigenvalue weighted by Crippen LogP contribution is -2.09. The molecule has 2 aromatic carbocycles. The summed E-state index contributed by atoms with van der Waals surface area (Å²) in [6, 6.07) is 18.2. The molecule has 0 saturated heterocycles. The van der Waals surface area contributed by atoms with E-state index in [0.717, 1.165) is 12.8 Å². The van der Waals surface area contributed by atoms with Crippen molar-refractivity contribution in [1.82, 2.24) is 9.97 Å². The molecular weight excluding hydrogens is 404 g/mol. The first-order valence-corrected chi connectivity index (χ1v) is 10.8. The summed E-state index contributed by atoms with van der Waals surface area (Å²) in [6.45, 7) is 4.57. The fourth-order valence-electron chi connectivity index (χ4n) is 3.50. The van der Waals surface area contributed by atoms with Crippen LogP contribution in [0.25, 0.3) is 33.2 Å². The molecule has 0 aliphatic rings. The largest absolute Gasteiger partial charge is 0.462 e. The maximum atomic E-state index is 12.8. The number of carbonyl (C=O) groups excluding carboxylic acids is 2. The fraction of sp³-hybridized carbons (Fsp3) is 0.231. The maximum absolute atomic E-state index is 12.8. The highest BCUT2D eigenvalue weighted by molar-refractivity contribution is 6.06. The molecule has 0 bridgehead atoms. The lowest BCUT2D eigenvalue weighted by atomic mass is 10.0. The monoisotopic (exact) mass is 428 g/mol. The molecule has 4 rings (SSSR count). The Bertz CT molecular complexity index is 1200. The summed E-state index contributed by atoms with van der Waals surface area (Å²) in [7, 11) is 0. The van der Waals surface area contributed by atoms with Crippen LogP contribution in [0.3, 0.4) is 0 Å². The molecule has 0 atom stereocenters. The first-order chi connectivity index (χ1) is 15.6. The van der Waals surface area contributed by atoms with Gasteiger partial charge in [0.25, 0.3) is 0 Å². The number of benzene rings is 2. The first kappa shape index (κ1) is 21.4. The number of ether oxygens (including phenoxy) is 2. The van der Waals surface area contributed by atoms with Gasteiger partial charge in [-0.3, -0.25) is 0 Å². The zero-order valence-corrected chi connectivity index (χ0v) is 18.1. The maximum Gasteiger partial charge on any atom is 0.338 e. The number of hydrogen-bond donors (Lipinski definition) is 0. The molecule has 0 amide bonds. The highest BCUT2D eigenvalue weighted by Crippen LogP contribution is 2.28. The molecule has 0 fully saturated rings. The molecule has 0 aliphatic carbocycles. The number of nitrogens with zero attached hydrogens (tertiary/aromatic N) is 2. The summed E-state index contributed by atoms with van der Waals surface area (Å²) in [6.07, 6.45) is 1.47. The van der Waals surface area contributed by atoms with E-state index >= 15 is 0 Å². The van der Waals surface area contributed by atoms with Crippen LogP contribution in [0.4, 0.5) is 0 Å². The van der Waals surface area contributed by atoms with E-state index in [9.17, 15) is 9.59 Å². The van der Waals surface area contributed by atoms with Gasteiger partial charge >= 0.3 is 11.9 Å². The summed E-state index contributed by atoms with van der Waals surface area (Å²) in [5, 5.41) is 1.42. The van der Waals surface area contributed by atoms with Crippen LogP contribution in [0, 0.1) is 0 Å². The Kier molecular flexibility index (Phi) is 6.40. The number of hydrogen-bond acceptors (Lipinski definition) is 6. The molecular formula is C26H24N2O4.